The molecule has 0 aromatic heterocycles. The van der Waals surface area contributed by atoms with E-state index in [9.17, 15) is 0 Å². The van der Waals surface area contributed by atoms with Crippen LogP contribution in [0.4, 0.5) is 0 Å². The Bertz CT molecular complexity index is 14.4. The average molecular weight is 199 g/mol. The van der Waals surface area contributed by atoms with Crippen LogP contribution in [0, 0.1) is 11.8 Å². The summed E-state index contributed by atoms with van der Waals surface area (Å²) in [4.78, 5) is 0. The molecule has 0 aromatic rings. The number of rotatable bonds is 0. The molecule has 0 radical (unpaired) electrons. The summed E-state index contributed by atoms with van der Waals surface area (Å²) in [7, 11) is 0. The van der Waals surface area contributed by atoms with Crippen LogP contribution in [-0.2, 0) is 0 Å². The summed E-state index contributed by atoms with van der Waals surface area (Å²) in [5.74, 6) is 0. The Balaban J connectivity index is -0.00000000167. The molecule has 0 amide bonds. The van der Waals surface area contributed by atoms with E-state index >= 15 is 0 Å². The van der Waals surface area contributed by atoms with Gasteiger partial charge in [-0.25, -0.2) is 0 Å². The van der Waals surface area contributed by atoms with Gasteiger partial charge >= 0.3 is 59.1 Å². The maximum Gasteiger partial charge on any atom is 1.00 e. The van der Waals surface area contributed by atoms with E-state index < -0.39 is 0 Å². The molecular weight excluding hydrogens is 199 g/mol. The Morgan fingerprint density at radius 3 is 1.00 bits per heavy atom. The molecular formula is CINNa2. The summed E-state index contributed by atoms with van der Waals surface area (Å²) < 4.78 is 0. The smallest absolute Gasteiger partial charge is 1.00 e. The van der Waals surface area contributed by atoms with Gasteiger partial charge in [-0.2, -0.15) is 0 Å². The Kier molecular flexibility index (Phi) is 185. The Hall–Kier alpha value is 2.22. The second-order valence-corrected chi connectivity index (χ2v) is 0. The zero-order valence-electron chi connectivity index (χ0n) is 3.33. The molecule has 4 heteroatoms. The standard InChI is InChI=1S/CN.HI.2Na/c1-2;;;/h;1H;;/q-1;;2*+1/p-1. The summed E-state index contributed by atoms with van der Waals surface area (Å²) in [6, 6.07) is 0. The van der Waals surface area contributed by atoms with Gasteiger partial charge in [-0.1, -0.05) is 0 Å². The molecule has 5 heavy (non-hydrogen) atoms. The molecule has 0 aliphatic carbocycles. The van der Waals surface area contributed by atoms with Crippen molar-refractivity contribution in [1.82, 2.24) is 0 Å². The molecule has 0 spiro atoms. The molecule has 0 saturated carbocycles. The molecule has 0 unspecified atom stereocenters. The van der Waals surface area contributed by atoms with Gasteiger partial charge in [0.2, 0.25) is 0 Å². The molecule has 0 heterocycles. The molecule has 0 aliphatic rings. The van der Waals surface area contributed by atoms with Gasteiger partial charge in [0.15, 0.2) is 0 Å². The SMILES string of the molecule is [C-]#N.[I-].[Na+].[Na+]. The monoisotopic (exact) mass is 199 g/mol. The molecule has 0 aromatic carbocycles. The Morgan fingerprint density at radius 1 is 1.00 bits per heavy atom. The Labute approximate surface area is 93.1 Å². The summed E-state index contributed by atoms with van der Waals surface area (Å²) in [5.41, 5.74) is 0. The second-order valence-electron chi connectivity index (χ2n) is 0. The molecule has 0 fully saturated rings. The fourth-order valence-electron chi connectivity index (χ4n) is 0. The van der Waals surface area contributed by atoms with Gasteiger partial charge in [-0.15, -0.1) is 0 Å². The zero-order chi connectivity index (χ0) is 2.00. The number of hydrogen-bond donors (Lipinski definition) is 0. The van der Waals surface area contributed by atoms with Crippen molar-refractivity contribution in [3.05, 3.63) is 6.57 Å². The molecule has 0 rings (SSSR count). The van der Waals surface area contributed by atoms with Crippen LogP contribution >= 0.6 is 0 Å². The average Bonchev–Trinajstić information content (AvgIpc) is 1.00. The molecule has 0 bridgehead atoms. The van der Waals surface area contributed by atoms with Crippen molar-refractivity contribution in [3.8, 4) is 0 Å². The summed E-state index contributed by atoms with van der Waals surface area (Å²) in [5, 5.41) is 6.25. The largest absolute Gasteiger partial charge is 1.00 e. The first-order valence-electron chi connectivity index (χ1n) is 0.224. The van der Waals surface area contributed by atoms with Crippen LogP contribution in [0.5, 0.6) is 0 Å². The van der Waals surface area contributed by atoms with Gasteiger partial charge < -0.3 is 35.8 Å². The van der Waals surface area contributed by atoms with E-state index in [1.807, 2.05) is 0 Å². The van der Waals surface area contributed by atoms with E-state index in [1.165, 1.54) is 0 Å². The van der Waals surface area contributed by atoms with Crippen LogP contribution in [0.25, 0.3) is 0 Å². The minimum Gasteiger partial charge on any atom is -1.00 e. The molecule has 0 N–H and O–H groups in total. The Morgan fingerprint density at radius 2 is 1.00 bits per heavy atom. The van der Waals surface area contributed by atoms with Crippen LogP contribution in [0.15, 0.2) is 0 Å². The van der Waals surface area contributed by atoms with Crippen molar-refractivity contribution in [3.63, 3.8) is 0 Å². The first kappa shape index (κ1) is 26.9. The van der Waals surface area contributed by atoms with Crippen molar-refractivity contribution < 1.29 is 83.1 Å². The van der Waals surface area contributed by atoms with Gasteiger partial charge in [0.1, 0.15) is 0 Å². The number of nitrogens with zero attached hydrogens (tertiary/aromatic N) is 1. The van der Waals surface area contributed by atoms with Gasteiger partial charge in [0, 0.05) is 0 Å². The van der Waals surface area contributed by atoms with Gasteiger partial charge in [-0.05, 0) is 0 Å². The quantitative estimate of drug-likeness (QED) is 0.216. The maximum atomic E-state index is 6.25. The zero-order valence-corrected chi connectivity index (χ0v) is 9.48. The van der Waals surface area contributed by atoms with Crippen LogP contribution in [0.1, 0.15) is 0 Å². The predicted molar refractivity (Wildman–Crippen MR) is 4.97 cm³/mol. The predicted octanol–water partition coefficient (Wildman–Crippen LogP) is -8.89. The van der Waals surface area contributed by atoms with Crippen LogP contribution in [0.2, 0.25) is 0 Å². The molecule has 0 saturated heterocycles. The van der Waals surface area contributed by atoms with E-state index in [0.717, 1.165) is 0 Å². The van der Waals surface area contributed by atoms with Crippen LogP contribution in [0.3, 0.4) is 0 Å². The van der Waals surface area contributed by atoms with Crippen LogP contribution < -0.4 is 83.1 Å². The third kappa shape index (κ3) is 22.5. The van der Waals surface area contributed by atoms with Gasteiger partial charge in [-0.3, -0.25) is 0 Å². The van der Waals surface area contributed by atoms with Crippen molar-refractivity contribution in [2.75, 3.05) is 0 Å². The molecule has 1 nitrogen and oxygen atoms in total. The van der Waals surface area contributed by atoms with E-state index in [-0.39, 0.29) is 83.1 Å². The fourth-order valence-corrected chi connectivity index (χ4v) is 0. The van der Waals surface area contributed by atoms with Crippen LogP contribution in [-0.4, -0.2) is 0 Å². The molecule has 0 atom stereocenters. The van der Waals surface area contributed by atoms with E-state index in [2.05, 4.69) is 0 Å². The van der Waals surface area contributed by atoms with Crippen molar-refractivity contribution >= 4 is 0 Å². The number of hydrogen-bond acceptors (Lipinski definition) is 1. The minimum atomic E-state index is 0. The first-order chi connectivity index (χ1) is 1.00. The summed E-state index contributed by atoms with van der Waals surface area (Å²) >= 11 is 0. The molecule has 18 valence electrons. The summed E-state index contributed by atoms with van der Waals surface area (Å²) in [6.45, 7) is 4.75. The normalized spacial score (nSPS) is 0.400. The minimum absolute atomic E-state index is 0. The third-order valence-electron chi connectivity index (χ3n) is 0. The van der Waals surface area contributed by atoms with E-state index in [4.69, 9.17) is 11.8 Å². The van der Waals surface area contributed by atoms with Crippen molar-refractivity contribution in [2.45, 2.75) is 0 Å². The van der Waals surface area contributed by atoms with Crippen molar-refractivity contribution in [1.29, 1.82) is 5.26 Å². The number of halogens is 1. The molecule has 0 aliphatic heterocycles. The topological polar surface area (TPSA) is 23.8 Å². The van der Waals surface area contributed by atoms with Gasteiger partial charge in [0.05, 0.1) is 0 Å². The second kappa shape index (κ2) is 34.4. The fraction of sp³-hybridized carbons (Fsp3) is 0. The van der Waals surface area contributed by atoms with Crippen molar-refractivity contribution in [2.24, 2.45) is 0 Å². The van der Waals surface area contributed by atoms with Gasteiger partial charge in [0.25, 0.3) is 0 Å². The van der Waals surface area contributed by atoms with E-state index in [0.29, 0.717) is 0 Å². The third-order valence-corrected chi connectivity index (χ3v) is 0. The van der Waals surface area contributed by atoms with E-state index in [1.54, 1.807) is 0 Å². The summed E-state index contributed by atoms with van der Waals surface area (Å²) in [6.07, 6.45) is 0. The first-order valence-corrected chi connectivity index (χ1v) is 0.224. The maximum absolute atomic E-state index is 6.25.